The lowest BCUT2D eigenvalue weighted by molar-refractivity contribution is -0.115. The van der Waals surface area contributed by atoms with E-state index in [0.29, 0.717) is 0 Å². The molecule has 0 aromatic heterocycles. The Hall–Kier alpha value is -0.990. The first-order valence-electron chi connectivity index (χ1n) is 24.0. The summed E-state index contributed by atoms with van der Waals surface area (Å²) in [7, 11) is 0. The standard InChI is InChI=1S/7C6H14.3C3H6O/c7*1-3-5-6-4-2;3*1-3(2)4/h7*3-6H2,1-2H3;3*1-2H3. The summed E-state index contributed by atoms with van der Waals surface area (Å²) in [6, 6.07) is 0. The van der Waals surface area contributed by atoms with Gasteiger partial charge in [-0.15, -0.1) is 0 Å². The summed E-state index contributed by atoms with van der Waals surface area (Å²) in [6.07, 6.45) is 38.8. The van der Waals surface area contributed by atoms with Gasteiger partial charge in [-0.25, -0.2) is 0 Å². The van der Waals surface area contributed by atoms with Crippen molar-refractivity contribution in [2.75, 3.05) is 0 Å². The fourth-order valence-corrected chi connectivity index (χ4v) is 3.50. The maximum atomic E-state index is 9.44. The molecule has 0 spiro atoms. The molecule has 0 fully saturated rings. The van der Waals surface area contributed by atoms with Crippen LogP contribution < -0.4 is 0 Å². The highest BCUT2D eigenvalue weighted by atomic mass is 16.1. The quantitative estimate of drug-likeness (QED) is 0.109. The lowest BCUT2D eigenvalue weighted by Gasteiger charge is -1.86. The van der Waals surface area contributed by atoms with Crippen LogP contribution in [0.1, 0.15) is 318 Å². The third kappa shape index (κ3) is 319. The van der Waals surface area contributed by atoms with Crippen LogP contribution in [-0.4, -0.2) is 17.3 Å². The fraction of sp³-hybridized carbons (Fsp3) is 0.941. The van der Waals surface area contributed by atoms with E-state index < -0.39 is 0 Å². The molecule has 0 saturated carbocycles. The van der Waals surface area contributed by atoms with E-state index in [0.717, 1.165) is 0 Å². The molecule has 0 atom stereocenters. The maximum absolute atomic E-state index is 9.44. The molecule has 0 radical (unpaired) electrons. The van der Waals surface area contributed by atoms with Crippen LogP contribution in [0.25, 0.3) is 0 Å². The lowest BCUT2D eigenvalue weighted by Crippen LogP contribution is -1.69. The van der Waals surface area contributed by atoms with Crippen LogP contribution in [0.3, 0.4) is 0 Å². The Bertz CT molecular complexity index is 366. The maximum Gasteiger partial charge on any atom is 0.126 e. The highest BCUT2D eigenvalue weighted by Crippen LogP contribution is 1.98. The number of carbonyl (C=O) groups excluding carboxylic acids is 3. The Balaban J connectivity index is -0.0000000500. The molecule has 0 aliphatic heterocycles. The SMILES string of the molecule is CC(C)=O.CC(C)=O.CC(C)=O.CCCCCC.CCCCCC.CCCCCC.CCCCCC.CCCCCC.CCCCCC.CCCCCC. The smallest absolute Gasteiger partial charge is 0.126 e. The van der Waals surface area contributed by atoms with Crippen LogP contribution in [0.4, 0.5) is 0 Å². The van der Waals surface area contributed by atoms with Gasteiger partial charge in [0.1, 0.15) is 17.3 Å². The van der Waals surface area contributed by atoms with Crippen molar-refractivity contribution in [3.8, 4) is 0 Å². The van der Waals surface area contributed by atoms with Crippen molar-refractivity contribution in [3.63, 3.8) is 0 Å². The van der Waals surface area contributed by atoms with Gasteiger partial charge in [0.15, 0.2) is 0 Å². The second-order valence-corrected chi connectivity index (χ2v) is 14.7. The zero-order valence-corrected chi connectivity index (χ0v) is 42.5. The van der Waals surface area contributed by atoms with Gasteiger partial charge in [-0.05, 0) is 41.5 Å². The van der Waals surface area contributed by atoms with Crippen molar-refractivity contribution in [3.05, 3.63) is 0 Å². The van der Waals surface area contributed by atoms with Crippen molar-refractivity contribution in [1.82, 2.24) is 0 Å². The van der Waals surface area contributed by atoms with Gasteiger partial charge < -0.3 is 14.4 Å². The molecule has 0 aromatic carbocycles. The predicted octanol–water partition coefficient (Wildman–Crippen LogP) is 19.9. The van der Waals surface area contributed by atoms with Gasteiger partial charge in [-0.1, -0.05) is 277 Å². The van der Waals surface area contributed by atoms with Crippen LogP contribution in [0, 0.1) is 0 Å². The molecule has 0 N–H and O–H groups in total. The van der Waals surface area contributed by atoms with Crippen molar-refractivity contribution in [2.24, 2.45) is 0 Å². The largest absolute Gasteiger partial charge is 0.300 e. The van der Waals surface area contributed by atoms with Gasteiger partial charge in [-0.2, -0.15) is 0 Å². The summed E-state index contributed by atoms with van der Waals surface area (Å²) in [5, 5.41) is 0. The van der Waals surface area contributed by atoms with Crippen LogP contribution in [0.15, 0.2) is 0 Å². The molecule has 0 aromatic rings. The summed E-state index contributed by atoms with van der Waals surface area (Å²) >= 11 is 0. The number of unbranched alkanes of at least 4 members (excludes halogenated alkanes) is 21. The van der Waals surface area contributed by atoms with Gasteiger partial charge in [0, 0.05) is 0 Å². The summed E-state index contributed by atoms with van der Waals surface area (Å²) in [4.78, 5) is 28.3. The first-order valence-corrected chi connectivity index (χ1v) is 24.0. The average Bonchev–Trinajstić information content (AvgIpc) is 3.12. The van der Waals surface area contributed by atoms with Gasteiger partial charge in [0.25, 0.3) is 0 Å². The zero-order valence-electron chi connectivity index (χ0n) is 42.5. The molecule has 0 heterocycles. The van der Waals surface area contributed by atoms with Crippen molar-refractivity contribution in [1.29, 1.82) is 0 Å². The highest BCUT2D eigenvalue weighted by molar-refractivity contribution is 5.72. The third-order valence-corrected chi connectivity index (χ3v) is 6.70. The van der Waals surface area contributed by atoms with E-state index >= 15 is 0 Å². The van der Waals surface area contributed by atoms with E-state index in [1.165, 1.54) is 221 Å². The van der Waals surface area contributed by atoms with E-state index in [1.807, 2.05) is 0 Å². The molecule has 0 saturated heterocycles. The number of rotatable bonds is 21. The molecule has 0 bridgehead atoms. The van der Waals surface area contributed by atoms with E-state index in [2.05, 4.69) is 96.9 Å². The summed E-state index contributed by atoms with van der Waals surface area (Å²) in [6.45, 7) is 40.4. The number of carbonyl (C=O) groups is 3. The molecular formula is C51H116O3. The van der Waals surface area contributed by atoms with Gasteiger partial charge >= 0.3 is 0 Å². The molecule has 0 rings (SSSR count). The number of hydrogen-bond acceptors (Lipinski definition) is 3. The monoisotopic (exact) mass is 777 g/mol. The molecular weight excluding hydrogens is 661 g/mol. The molecule has 0 amide bonds. The Morgan fingerprint density at radius 1 is 0.185 bits per heavy atom. The summed E-state index contributed by atoms with van der Waals surface area (Å²) in [5.41, 5.74) is 0. The molecule has 54 heavy (non-hydrogen) atoms. The molecule has 338 valence electrons. The van der Waals surface area contributed by atoms with Gasteiger partial charge in [0.05, 0.1) is 0 Å². The Morgan fingerprint density at radius 3 is 0.241 bits per heavy atom. The topological polar surface area (TPSA) is 51.2 Å². The van der Waals surface area contributed by atoms with Crippen molar-refractivity contribution in [2.45, 2.75) is 318 Å². The first-order chi connectivity index (χ1) is 25.6. The Kier molecular flexibility index (Phi) is 150. The van der Waals surface area contributed by atoms with Gasteiger partial charge in [0.2, 0.25) is 0 Å². The lowest BCUT2D eigenvalue weighted by atomic mass is 10.2. The minimum absolute atomic E-state index is 0.167. The average molecular weight is 777 g/mol. The van der Waals surface area contributed by atoms with E-state index in [-0.39, 0.29) is 17.3 Å². The first kappa shape index (κ1) is 77.5. The summed E-state index contributed by atoms with van der Waals surface area (Å²) in [5.74, 6) is 0.500. The molecule has 0 unspecified atom stereocenters. The molecule has 0 aliphatic carbocycles. The van der Waals surface area contributed by atoms with E-state index in [1.54, 1.807) is 0 Å². The fourth-order valence-electron chi connectivity index (χ4n) is 3.50. The number of ketones is 3. The summed E-state index contributed by atoms with van der Waals surface area (Å²) < 4.78 is 0. The number of hydrogen-bond donors (Lipinski definition) is 0. The second kappa shape index (κ2) is 104. The van der Waals surface area contributed by atoms with Crippen LogP contribution >= 0.6 is 0 Å². The third-order valence-electron chi connectivity index (χ3n) is 6.70. The van der Waals surface area contributed by atoms with Gasteiger partial charge in [-0.3, -0.25) is 0 Å². The normalized spacial score (nSPS) is 8.44. The Morgan fingerprint density at radius 2 is 0.222 bits per heavy atom. The second-order valence-electron chi connectivity index (χ2n) is 14.7. The molecule has 3 nitrogen and oxygen atoms in total. The predicted molar refractivity (Wildman–Crippen MR) is 258 cm³/mol. The van der Waals surface area contributed by atoms with Crippen LogP contribution in [-0.2, 0) is 14.4 Å². The molecule has 0 aliphatic rings. The molecule has 3 heteroatoms. The van der Waals surface area contributed by atoms with E-state index in [4.69, 9.17) is 0 Å². The van der Waals surface area contributed by atoms with Crippen LogP contribution in [0.5, 0.6) is 0 Å². The van der Waals surface area contributed by atoms with Crippen molar-refractivity contribution < 1.29 is 14.4 Å². The number of Topliss-reactive ketones (excluding diaryl/α,β-unsaturated/α-hetero) is 3. The zero-order chi connectivity index (χ0) is 44.5. The van der Waals surface area contributed by atoms with E-state index in [9.17, 15) is 14.4 Å². The van der Waals surface area contributed by atoms with Crippen LogP contribution in [0.2, 0.25) is 0 Å². The highest BCUT2D eigenvalue weighted by Gasteiger charge is 1.78. The Labute approximate surface area is 349 Å². The minimum atomic E-state index is 0.167. The minimum Gasteiger partial charge on any atom is -0.300 e. The van der Waals surface area contributed by atoms with Crippen molar-refractivity contribution >= 4 is 17.3 Å².